The number of amides is 2. The van der Waals surface area contributed by atoms with Crippen molar-refractivity contribution in [2.24, 2.45) is 0 Å². The molecule has 0 unspecified atom stereocenters. The SMILES string of the molecule is CN(C(=O)N1CCc2ccccc21)c1cc(-c2ccccc2)no1. The Kier molecular flexibility index (Phi) is 3.54. The highest BCUT2D eigenvalue weighted by atomic mass is 16.5. The Hall–Kier alpha value is -3.08. The molecule has 0 radical (unpaired) electrons. The summed E-state index contributed by atoms with van der Waals surface area (Å²) in [7, 11) is 1.71. The molecule has 5 nitrogen and oxygen atoms in total. The maximum atomic E-state index is 12.8. The third kappa shape index (κ3) is 2.44. The van der Waals surface area contributed by atoms with Crippen molar-refractivity contribution in [1.29, 1.82) is 0 Å². The fourth-order valence-corrected chi connectivity index (χ4v) is 2.98. The van der Waals surface area contributed by atoms with Gasteiger partial charge in [-0.25, -0.2) is 4.79 Å². The lowest BCUT2D eigenvalue weighted by Crippen LogP contribution is -2.40. The van der Waals surface area contributed by atoms with Crippen LogP contribution in [-0.4, -0.2) is 24.8 Å². The van der Waals surface area contributed by atoms with Gasteiger partial charge in [-0.1, -0.05) is 53.7 Å². The van der Waals surface area contributed by atoms with Crippen LogP contribution >= 0.6 is 0 Å². The number of benzene rings is 2. The summed E-state index contributed by atoms with van der Waals surface area (Å²) in [6, 6.07) is 19.4. The second-order valence-electron chi connectivity index (χ2n) is 5.79. The van der Waals surface area contributed by atoms with Gasteiger partial charge >= 0.3 is 6.03 Å². The summed E-state index contributed by atoms with van der Waals surface area (Å²) in [4.78, 5) is 16.1. The summed E-state index contributed by atoms with van der Waals surface area (Å²) in [5.41, 5.74) is 3.84. The number of fused-ring (bicyclic) bond motifs is 1. The predicted octanol–water partition coefficient (Wildman–Crippen LogP) is 3.96. The van der Waals surface area contributed by atoms with Crippen LogP contribution in [0, 0.1) is 0 Å². The largest absolute Gasteiger partial charge is 0.338 e. The van der Waals surface area contributed by atoms with E-state index in [2.05, 4.69) is 11.2 Å². The van der Waals surface area contributed by atoms with Crippen LogP contribution in [0.1, 0.15) is 5.56 Å². The minimum absolute atomic E-state index is 0.115. The quantitative estimate of drug-likeness (QED) is 0.718. The number of nitrogens with zero attached hydrogens (tertiary/aromatic N) is 3. The fraction of sp³-hybridized carbons (Fsp3) is 0.158. The smallest absolute Gasteiger partial charge is 0.331 e. The second kappa shape index (κ2) is 5.85. The molecule has 1 aliphatic rings. The summed E-state index contributed by atoms with van der Waals surface area (Å²) in [6.45, 7) is 0.683. The topological polar surface area (TPSA) is 49.6 Å². The normalized spacial score (nSPS) is 13.0. The number of rotatable bonds is 2. The highest BCUT2D eigenvalue weighted by molar-refractivity contribution is 6.03. The maximum absolute atomic E-state index is 12.8. The summed E-state index contributed by atoms with van der Waals surface area (Å²) >= 11 is 0. The van der Waals surface area contributed by atoms with E-state index in [1.807, 2.05) is 48.5 Å². The highest BCUT2D eigenvalue weighted by Gasteiger charge is 2.28. The molecule has 0 atom stereocenters. The van der Waals surface area contributed by atoms with Gasteiger partial charge in [0.25, 0.3) is 0 Å². The van der Waals surface area contributed by atoms with Crippen LogP contribution in [0.3, 0.4) is 0 Å². The first-order valence-corrected chi connectivity index (χ1v) is 7.89. The first-order valence-electron chi connectivity index (χ1n) is 7.89. The standard InChI is InChI=1S/C19H17N3O2/c1-21(18-13-16(20-24-18)14-7-3-2-4-8-14)19(23)22-12-11-15-9-5-6-10-17(15)22/h2-10,13H,11-12H2,1H3. The van der Waals surface area contributed by atoms with Gasteiger partial charge in [0.15, 0.2) is 0 Å². The van der Waals surface area contributed by atoms with E-state index in [-0.39, 0.29) is 6.03 Å². The average Bonchev–Trinajstić information content (AvgIpc) is 3.28. The van der Waals surface area contributed by atoms with E-state index >= 15 is 0 Å². The average molecular weight is 319 g/mol. The third-order valence-electron chi connectivity index (χ3n) is 4.30. The van der Waals surface area contributed by atoms with Gasteiger partial charge in [-0.2, -0.15) is 0 Å². The number of aromatic nitrogens is 1. The Balaban J connectivity index is 1.57. The van der Waals surface area contributed by atoms with E-state index in [0.717, 1.165) is 17.7 Å². The van der Waals surface area contributed by atoms with Crippen LogP contribution in [0.4, 0.5) is 16.4 Å². The van der Waals surface area contributed by atoms with Crippen molar-refractivity contribution in [3.05, 3.63) is 66.2 Å². The Morgan fingerprint density at radius 1 is 1.12 bits per heavy atom. The van der Waals surface area contributed by atoms with Crippen molar-refractivity contribution in [1.82, 2.24) is 5.16 Å². The molecule has 0 bridgehead atoms. The van der Waals surface area contributed by atoms with Crippen molar-refractivity contribution in [3.8, 4) is 11.3 Å². The van der Waals surface area contributed by atoms with Gasteiger partial charge in [0, 0.05) is 30.9 Å². The number of carbonyl (C=O) groups excluding carboxylic acids is 1. The number of para-hydroxylation sites is 1. The highest BCUT2D eigenvalue weighted by Crippen LogP contribution is 2.30. The van der Waals surface area contributed by atoms with Crippen molar-refractivity contribution in [2.75, 3.05) is 23.4 Å². The van der Waals surface area contributed by atoms with Crippen LogP contribution in [0.2, 0.25) is 0 Å². The lowest BCUT2D eigenvalue weighted by atomic mass is 10.1. The molecular weight excluding hydrogens is 302 g/mol. The van der Waals surface area contributed by atoms with Gasteiger partial charge in [0.2, 0.25) is 5.88 Å². The zero-order valence-electron chi connectivity index (χ0n) is 13.3. The maximum Gasteiger partial charge on any atom is 0.331 e. The third-order valence-corrected chi connectivity index (χ3v) is 4.30. The van der Waals surface area contributed by atoms with E-state index in [1.165, 1.54) is 10.5 Å². The summed E-state index contributed by atoms with van der Waals surface area (Å²) in [5.74, 6) is 0.434. The molecule has 24 heavy (non-hydrogen) atoms. The van der Waals surface area contributed by atoms with Crippen LogP contribution in [-0.2, 0) is 6.42 Å². The van der Waals surface area contributed by atoms with E-state index in [4.69, 9.17) is 4.52 Å². The van der Waals surface area contributed by atoms with Gasteiger partial charge in [-0.15, -0.1) is 0 Å². The molecule has 0 N–H and O–H groups in total. The fourth-order valence-electron chi connectivity index (χ4n) is 2.98. The minimum atomic E-state index is -0.115. The molecule has 1 aliphatic heterocycles. The van der Waals surface area contributed by atoms with Crippen LogP contribution < -0.4 is 9.80 Å². The Morgan fingerprint density at radius 2 is 1.88 bits per heavy atom. The zero-order chi connectivity index (χ0) is 16.5. The van der Waals surface area contributed by atoms with Crippen molar-refractivity contribution >= 4 is 17.6 Å². The monoisotopic (exact) mass is 319 g/mol. The molecule has 4 rings (SSSR count). The lowest BCUT2D eigenvalue weighted by molar-refractivity contribution is 0.251. The zero-order valence-corrected chi connectivity index (χ0v) is 13.3. The van der Waals surface area contributed by atoms with Gasteiger partial charge in [-0.05, 0) is 18.1 Å². The van der Waals surface area contributed by atoms with E-state index in [9.17, 15) is 4.79 Å². The Bertz CT molecular complexity index is 873. The van der Waals surface area contributed by atoms with Crippen molar-refractivity contribution in [3.63, 3.8) is 0 Å². The molecule has 2 heterocycles. The first-order chi connectivity index (χ1) is 11.7. The predicted molar refractivity (Wildman–Crippen MR) is 93.2 cm³/mol. The summed E-state index contributed by atoms with van der Waals surface area (Å²) < 4.78 is 5.38. The van der Waals surface area contributed by atoms with Gasteiger partial charge in [-0.3, -0.25) is 9.80 Å². The molecule has 2 amide bonds. The molecule has 0 spiro atoms. The lowest BCUT2D eigenvalue weighted by Gasteiger charge is -2.22. The first kappa shape index (κ1) is 14.5. The molecule has 0 saturated heterocycles. The number of carbonyl (C=O) groups is 1. The number of hydrogen-bond donors (Lipinski definition) is 0. The van der Waals surface area contributed by atoms with Gasteiger partial charge in [0.1, 0.15) is 5.69 Å². The second-order valence-corrected chi connectivity index (χ2v) is 5.79. The van der Waals surface area contributed by atoms with Crippen LogP contribution in [0.5, 0.6) is 0 Å². The van der Waals surface area contributed by atoms with Crippen LogP contribution in [0.25, 0.3) is 11.3 Å². The van der Waals surface area contributed by atoms with Crippen LogP contribution in [0.15, 0.2) is 65.2 Å². The van der Waals surface area contributed by atoms with Gasteiger partial charge in [0.05, 0.1) is 0 Å². The Labute approximate surface area is 140 Å². The van der Waals surface area contributed by atoms with Crippen molar-refractivity contribution in [2.45, 2.75) is 6.42 Å². The summed E-state index contributed by atoms with van der Waals surface area (Å²) in [5, 5.41) is 4.07. The molecule has 5 heteroatoms. The number of urea groups is 1. The van der Waals surface area contributed by atoms with E-state index in [0.29, 0.717) is 18.1 Å². The molecule has 0 saturated carbocycles. The molecule has 2 aromatic carbocycles. The molecular formula is C19H17N3O2. The molecule has 0 aliphatic carbocycles. The van der Waals surface area contributed by atoms with E-state index in [1.54, 1.807) is 18.0 Å². The molecule has 0 fully saturated rings. The Morgan fingerprint density at radius 3 is 2.71 bits per heavy atom. The number of hydrogen-bond acceptors (Lipinski definition) is 3. The summed E-state index contributed by atoms with van der Waals surface area (Å²) in [6.07, 6.45) is 0.876. The molecule has 120 valence electrons. The minimum Gasteiger partial charge on any atom is -0.338 e. The van der Waals surface area contributed by atoms with Crippen molar-refractivity contribution < 1.29 is 9.32 Å². The van der Waals surface area contributed by atoms with E-state index < -0.39 is 0 Å². The van der Waals surface area contributed by atoms with Gasteiger partial charge < -0.3 is 4.52 Å². The molecule has 1 aromatic heterocycles. The molecule has 3 aromatic rings. The number of anilines is 2.